The van der Waals surface area contributed by atoms with Crippen molar-refractivity contribution >= 4 is 35.2 Å². The largest absolute Gasteiger partial charge is 0.273 e. The molecule has 6 heteroatoms. The lowest BCUT2D eigenvalue weighted by Crippen LogP contribution is -2.42. The van der Waals surface area contributed by atoms with Crippen LogP contribution in [0, 0.1) is 11.8 Å². The van der Waals surface area contributed by atoms with Gasteiger partial charge in [0.25, 0.3) is 5.91 Å². The van der Waals surface area contributed by atoms with Crippen molar-refractivity contribution in [1.82, 2.24) is 10.9 Å². The van der Waals surface area contributed by atoms with Crippen molar-refractivity contribution in [3.05, 3.63) is 64.7 Å². The van der Waals surface area contributed by atoms with E-state index in [-0.39, 0.29) is 17.7 Å². The average molecular weight is 375 g/mol. The topological polar surface area (TPSA) is 58.2 Å². The Morgan fingerprint density at radius 3 is 2.32 bits per heavy atom. The Morgan fingerprint density at radius 2 is 1.72 bits per heavy atom. The number of thioether (sulfide) groups is 1. The number of hydrazine groups is 1. The Hall–Kier alpha value is -1.98. The molecule has 3 rings (SSSR count). The molecule has 0 radical (unpaired) electrons. The molecule has 2 atom stereocenters. The zero-order valence-electron chi connectivity index (χ0n) is 13.8. The highest BCUT2D eigenvalue weighted by molar-refractivity contribution is 7.98. The third-order valence-corrected chi connectivity index (χ3v) is 5.52. The molecule has 1 fully saturated rings. The summed E-state index contributed by atoms with van der Waals surface area (Å²) in [6.45, 7) is 2.02. The van der Waals surface area contributed by atoms with E-state index in [1.54, 1.807) is 23.9 Å². The molecule has 0 spiro atoms. The molecule has 1 aliphatic rings. The lowest BCUT2D eigenvalue weighted by molar-refractivity contribution is -0.123. The number of amides is 2. The molecular weight excluding hydrogens is 356 g/mol. The predicted octanol–water partition coefficient (Wildman–Crippen LogP) is 4.05. The summed E-state index contributed by atoms with van der Waals surface area (Å²) in [6, 6.07) is 15.1. The summed E-state index contributed by atoms with van der Waals surface area (Å²) in [5.74, 6) is 0.831. The van der Waals surface area contributed by atoms with E-state index in [1.807, 2.05) is 43.3 Å². The molecule has 0 aromatic heterocycles. The third kappa shape index (κ3) is 5.00. The minimum absolute atomic E-state index is 0.0348. The first kappa shape index (κ1) is 17.8. The molecule has 0 saturated heterocycles. The number of carbonyl (C=O) groups is 2. The van der Waals surface area contributed by atoms with Gasteiger partial charge in [-0.2, -0.15) is 0 Å². The van der Waals surface area contributed by atoms with Crippen molar-refractivity contribution in [3.63, 3.8) is 0 Å². The quantitative estimate of drug-likeness (QED) is 0.613. The van der Waals surface area contributed by atoms with Gasteiger partial charge in [-0.05, 0) is 54.3 Å². The number of halogens is 1. The van der Waals surface area contributed by atoms with E-state index in [9.17, 15) is 9.59 Å². The van der Waals surface area contributed by atoms with Crippen LogP contribution in [0.3, 0.4) is 0 Å². The number of rotatable bonds is 5. The fourth-order valence-electron chi connectivity index (χ4n) is 2.42. The maximum Gasteiger partial charge on any atom is 0.269 e. The molecule has 1 saturated carbocycles. The summed E-state index contributed by atoms with van der Waals surface area (Å²) in [6.07, 6.45) is 0.891. The fourth-order valence-corrected chi connectivity index (χ4v) is 3.40. The van der Waals surface area contributed by atoms with E-state index in [0.717, 1.165) is 27.7 Å². The molecule has 2 amide bonds. The van der Waals surface area contributed by atoms with Crippen LogP contribution in [-0.2, 0) is 10.5 Å². The number of nitrogens with one attached hydrogen (secondary N) is 2. The van der Waals surface area contributed by atoms with Crippen molar-refractivity contribution < 1.29 is 9.59 Å². The van der Waals surface area contributed by atoms with Gasteiger partial charge in [0.05, 0.1) is 0 Å². The molecule has 2 aromatic rings. The van der Waals surface area contributed by atoms with Crippen molar-refractivity contribution in [2.45, 2.75) is 24.0 Å². The SMILES string of the molecule is CC1CC1C(=O)NNC(=O)c1ccc(CSc2ccc(Cl)cc2)cc1. The number of hydrogen-bond donors (Lipinski definition) is 2. The van der Waals surface area contributed by atoms with Gasteiger partial charge in [0.2, 0.25) is 5.91 Å². The summed E-state index contributed by atoms with van der Waals surface area (Å²) < 4.78 is 0. The normalized spacial score (nSPS) is 18.5. The van der Waals surface area contributed by atoms with Gasteiger partial charge in [-0.3, -0.25) is 20.4 Å². The predicted molar refractivity (Wildman–Crippen MR) is 100 cm³/mol. The first-order chi connectivity index (χ1) is 12.0. The minimum Gasteiger partial charge on any atom is -0.273 e. The van der Waals surface area contributed by atoms with Crippen molar-refractivity contribution in [2.75, 3.05) is 0 Å². The Bertz CT molecular complexity index is 762. The molecule has 2 N–H and O–H groups in total. The highest BCUT2D eigenvalue weighted by atomic mass is 35.5. The van der Waals surface area contributed by atoms with Crippen LogP contribution in [-0.4, -0.2) is 11.8 Å². The summed E-state index contributed by atoms with van der Waals surface area (Å²) >= 11 is 7.58. The Kier molecular flexibility index (Phi) is 5.66. The lowest BCUT2D eigenvalue weighted by Gasteiger charge is -2.08. The number of benzene rings is 2. The molecule has 0 heterocycles. The van der Waals surface area contributed by atoms with Crippen LogP contribution in [0.2, 0.25) is 5.02 Å². The summed E-state index contributed by atoms with van der Waals surface area (Å²) in [5, 5.41) is 0.725. The highest BCUT2D eigenvalue weighted by Crippen LogP contribution is 2.37. The molecule has 2 unspecified atom stereocenters. The molecule has 25 heavy (non-hydrogen) atoms. The van der Waals surface area contributed by atoms with Crippen LogP contribution in [0.1, 0.15) is 29.3 Å². The maximum atomic E-state index is 12.1. The first-order valence-electron chi connectivity index (χ1n) is 8.10. The van der Waals surface area contributed by atoms with E-state index >= 15 is 0 Å². The second-order valence-corrected chi connectivity index (χ2v) is 7.69. The minimum atomic E-state index is -0.307. The van der Waals surface area contributed by atoms with E-state index in [0.29, 0.717) is 11.5 Å². The lowest BCUT2D eigenvalue weighted by atomic mass is 10.1. The molecular formula is C19H19ClN2O2S. The van der Waals surface area contributed by atoms with E-state index in [1.165, 1.54) is 0 Å². The standard InChI is InChI=1S/C19H19ClN2O2S/c1-12-10-17(12)19(24)22-21-18(23)14-4-2-13(3-5-14)11-25-16-8-6-15(20)7-9-16/h2-9,12,17H,10-11H2,1H3,(H,21,23)(H,22,24). The summed E-state index contributed by atoms with van der Waals surface area (Å²) in [5.41, 5.74) is 6.59. The second kappa shape index (κ2) is 7.93. The third-order valence-electron chi connectivity index (χ3n) is 4.18. The Morgan fingerprint density at radius 1 is 1.08 bits per heavy atom. The van der Waals surface area contributed by atoms with Gasteiger partial charge in [-0.1, -0.05) is 30.7 Å². The van der Waals surface area contributed by atoms with Gasteiger partial charge in [0.15, 0.2) is 0 Å². The van der Waals surface area contributed by atoms with Crippen LogP contribution < -0.4 is 10.9 Å². The zero-order valence-corrected chi connectivity index (χ0v) is 15.4. The maximum absolute atomic E-state index is 12.1. The van der Waals surface area contributed by atoms with Gasteiger partial charge < -0.3 is 0 Å². The van der Waals surface area contributed by atoms with Crippen LogP contribution in [0.25, 0.3) is 0 Å². The molecule has 2 aromatic carbocycles. The van der Waals surface area contributed by atoms with Gasteiger partial charge >= 0.3 is 0 Å². The van der Waals surface area contributed by atoms with E-state index in [4.69, 9.17) is 11.6 Å². The van der Waals surface area contributed by atoms with E-state index < -0.39 is 0 Å². The smallest absolute Gasteiger partial charge is 0.269 e. The van der Waals surface area contributed by atoms with Crippen LogP contribution in [0.5, 0.6) is 0 Å². The average Bonchev–Trinajstić information content (AvgIpc) is 3.36. The Labute approximate surface area is 156 Å². The summed E-state index contributed by atoms with van der Waals surface area (Å²) in [4.78, 5) is 24.9. The van der Waals surface area contributed by atoms with Crippen LogP contribution in [0.4, 0.5) is 0 Å². The van der Waals surface area contributed by atoms with Crippen LogP contribution >= 0.6 is 23.4 Å². The second-order valence-electron chi connectivity index (χ2n) is 6.20. The number of carbonyl (C=O) groups excluding carboxylic acids is 2. The first-order valence-corrected chi connectivity index (χ1v) is 9.47. The zero-order chi connectivity index (χ0) is 17.8. The molecule has 0 bridgehead atoms. The van der Waals surface area contributed by atoms with Crippen molar-refractivity contribution in [2.24, 2.45) is 11.8 Å². The Balaban J connectivity index is 1.48. The van der Waals surface area contributed by atoms with E-state index in [2.05, 4.69) is 10.9 Å². The molecule has 130 valence electrons. The van der Waals surface area contributed by atoms with Crippen molar-refractivity contribution in [3.8, 4) is 0 Å². The molecule has 0 aliphatic heterocycles. The summed E-state index contributed by atoms with van der Waals surface area (Å²) in [7, 11) is 0. The van der Waals surface area contributed by atoms with Gasteiger partial charge in [0.1, 0.15) is 0 Å². The van der Waals surface area contributed by atoms with Gasteiger partial charge in [-0.25, -0.2) is 0 Å². The molecule has 4 nitrogen and oxygen atoms in total. The van der Waals surface area contributed by atoms with Crippen molar-refractivity contribution in [1.29, 1.82) is 0 Å². The van der Waals surface area contributed by atoms with Gasteiger partial charge in [0, 0.05) is 27.2 Å². The highest BCUT2D eigenvalue weighted by Gasteiger charge is 2.39. The molecule has 1 aliphatic carbocycles. The van der Waals surface area contributed by atoms with Crippen LogP contribution in [0.15, 0.2) is 53.4 Å². The number of hydrogen-bond acceptors (Lipinski definition) is 3. The monoisotopic (exact) mass is 374 g/mol. The van der Waals surface area contributed by atoms with Gasteiger partial charge in [-0.15, -0.1) is 11.8 Å². The fraction of sp³-hybridized carbons (Fsp3) is 0.263.